The van der Waals surface area contributed by atoms with E-state index in [4.69, 9.17) is 15.7 Å². The summed E-state index contributed by atoms with van der Waals surface area (Å²) < 4.78 is 5.86. The number of rotatable bonds is 7. The normalized spacial score (nSPS) is 23.5. The third-order valence-electron chi connectivity index (χ3n) is 3.96. The van der Waals surface area contributed by atoms with Crippen LogP contribution in [0, 0.1) is 5.92 Å². The van der Waals surface area contributed by atoms with Crippen LogP contribution in [0.2, 0.25) is 0 Å². The number of amidine groups is 1. The number of hydrogen-bond acceptors (Lipinski definition) is 5. The second kappa shape index (κ2) is 8.44. The third kappa shape index (κ3) is 5.26. The zero-order valence-corrected chi connectivity index (χ0v) is 13.2. The van der Waals surface area contributed by atoms with Gasteiger partial charge in [-0.3, -0.25) is 4.90 Å². The molecule has 6 nitrogen and oxygen atoms in total. The van der Waals surface area contributed by atoms with Crippen LogP contribution in [0.5, 0.6) is 0 Å². The quantitative estimate of drug-likeness (QED) is 0.313. The highest BCUT2D eigenvalue weighted by atomic mass is 16.5. The van der Waals surface area contributed by atoms with E-state index in [1.54, 1.807) is 0 Å². The molecule has 0 spiro atoms. The molecular formula is C14H30N4O2. The Labute approximate surface area is 122 Å². The Kier molecular flexibility index (Phi) is 7.26. The van der Waals surface area contributed by atoms with Crippen LogP contribution in [0.3, 0.4) is 0 Å². The summed E-state index contributed by atoms with van der Waals surface area (Å²) in [6.07, 6.45) is 0.241. The molecule has 0 aliphatic carbocycles. The maximum atomic E-state index is 8.72. The molecule has 1 aliphatic heterocycles. The van der Waals surface area contributed by atoms with Gasteiger partial charge in [0.25, 0.3) is 0 Å². The van der Waals surface area contributed by atoms with E-state index in [0.717, 1.165) is 39.3 Å². The summed E-state index contributed by atoms with van der Waals surface area (Å²) >= 11 is 0. The van der Waals surface area contributed by atoms with Crippen molar-refractivity contribution >= 4 is 5.84 Å². The molecule has 0 radical (unpaired) electrons. The third-order valence-corrected chi connectivity index (χ3v) is 3.96. The minimum absolute atomic E-state index is 0.0461. The van der Waals surface area contributed by atoms with E-state index in [1.807, 2.05) is 6.92 Å². The van der Waals surface area contributed by atoms with Crippen LogP contribution >= 0.6 is 0 Å². The highest BCUT2D eigenvalue weighted by molar-refractivity contribution is 5.82. The molecular weight excluding hydrogens is 256 g/mol. The van der Waals surface area contributed by atoms with Gasteiger partial charge in [-0.2, -0.15) is 0 Å². The second-order valence-corrected chi connectivity index (χ2v) is 5.86. The number of hydrogen-bond donors (Lipinski definition) is 2. The maximum absolute atomic E-state index is 8.72. The number of ether oxygens (including phenoxy) is 1. The van der Waals surface area contributed by atoms with Crippen molar-refractivity contribution in [2.24, 2.45) is 16.8 Å². The Morgan fingerprint density at radius 1 is 1.50 bits per heavy atom. The molecule has 3 N–H and O–H groups in total. The van der Waals surface area contributed by atoms with Crippen molar-refractivity contribution in [1.29, 1.82) is 0 Å². The van der Waals surface area contributed by atoms with Crippen LogP contribution in [0.4, 0.5) is 0 Å². The van der Waals surface area contributed by atoms with Crippen LogP contribution in [-0.2, 0) is 4.74 Å². The predicted molar refractivity (Wildman–Crippen MR) is 81.1 cm³/mol. The van der Waals surface area contributed by atoms with Gasteiger partial charge in [0.2, 0.25) is 0 Å². The second-order valence-electron chi connectivity index (χ2n) is 5.86. The Balaban J connectivity index is 2.47. The molecule has 20 heavy (non-hydrogen) atoms. The molecule has 1 saturated heterocycles. The van der Waals surface area contributed by atoms with Crippen LogP contribution in [0.1, 0.15) is 27.7 Å². The van der Waals surface area contributed by atoms with Crippen molar-refractivity contribution in [1.82, 2.24) is 9.80 Å². The average Bonchev–Trinajstić information content (AvgIpc) is 2.45. The molecule has 1 aliphatic rings. The minimum Gasteiger partial charge on any atom is -0.409 e. The lowest BCUT2D eigenvalue weighted by Gasteiger charge is -2.37. The molecule has 0 aromatic rings. The minimum atomic E-state index is 0.0461. The molecule has 1 rings (SSSR count). The summed E-state index contributed by atoms with van der Waals surface area (Å²) in [4.78, 5) is 4.76. The zero-order chi connectivity index (χ0) is 15.1. The lowest BCUT2D eigenvalue weighted by Crippen LogP contribution is -2.50. The Bertz CT molecular complexity index is 310. The fourth-order valence-corrected chi connectivity index (χ4v) is 2.52. The monoisotopic (exact) mass is 286 g/mol. The van der Waals surface area contributed by atoms with Crippen molar-refractivity contribution in [3.05, 3.63) is 0 Å². The Hall–Kier alpha value is -0.850. The first kappa shape index (κ1) is 17.2. The lowest BCUT2D eigenvalue weighted by atomic mass is 10.1. The maximum Gasteiger partial charge on any atom is 0.143 e. The van der Waals surface area contributed by atoms with Gasteiger partial charge in [0.05, 0.1) is 12.7 Å². The molecule has 1 fully saturated rings. The average molecular weight is 286 g/mol. The van der Waals surface area contributed by atoms with Gasteiger partial charge in [0.15, 0.2) is 0 Å². The fourth-order valence-electron chi connectivity index (χ4n) is 2.52. The van der Waals surface area contributed by atoms with Crippen molar-refractivity contribution in [3.63, 3.8) is 0 Å². The van der Waals surface area contributed by atoms with Crippen LogP contribution in [0.15, 0.2) is 5.16 Å². The molecule has 2 unspecified atom stereocenters. The first-order chi connectivity index (χ1) is 9.47. The van der Waals surface area contributed by atoms with Gasteiger partial charge >= 0.3 is 0 Å². The van der Waals surface area contributed by atoms with Crippen molar-refractivity contribution in [3.8, 4) is 0 Å². The smallest absolute Gasteiger partial charge is 0.143 e. The molecule has 6 heteroatoms. The highest BCUT2D eigenvalue weighted by Gasteiger charge is 2.24. The number of morpholine rings is 1. The molecule has 0 saturated carbocycles. The topological polar surface area (TPSA) is 74.3 Å². The summed E-state index contributed by atoms with van der Waals surface area (Å²) in [7, 11) is 0. The first-order valence-electron chi connectivity index (χ1n) is 7.53. The molecule has 0 amide bonds. The van der Waals surface area contributed by atoms with Gasteiger partial charge in [-0.05, 0) is 20.4 Å². The largest absolute Gasteiger partial charge is 0.409 e. The molecule has 1 heterocycles. The predicted octanol–water partition coefficient (Wildman–Crippen LogP) is 0.800. The van der Waals surface area contributed by atoms with Crippen molar-refractivity contribution < 1.29 is 9.94 Å². The molecule has 0 aromatic carbocycles. The van der Waals surface area contributed by atoms with E-state index >= 15 is 0 Å². The Morgan fingerprint density at radius 3 is 2.75 bits per heavy atom. The summed E-state index contributed by atoms with van der Waals surface area (Å²) in [6.45, 7) is 14.0. The summed E-state index contributed by atoms with van der Waals surface area (Å²) in [5.74, 6) is 0.335. The van der Waals surface area contributed by atoms with Crippen molar-refractivity contribution in [2.45, 2.75) is 39.8 Å². The summed E-state index contributed by atoms with van der Waals surface area (Å²) in [5, 5.41) is 11.8. The number of nitrogens with two attached hydrogens (primary N) is 1. The van der Waals surface area contributed by atoms with E-state index in [1.165, 1.54) is 0 Å². The molecule has 118 valence electrons. The van der Waals surface area contributed by atoms with Crippen molar-refractivity contribution in [2.75, 3.05) is 39.3 Å². The van der Waals surface area contributed by atoms with E-state index in [9.17, 15) is 0 Å². The summed E-state index contributed by atoms with van der Waals surface area (Å²) in [5.41, 5.74) is 5.65. The number of nitrogens with zero attached hydrogens (tertiary/aromatic N) is 3. The number of oxime groups is 1. The first-order valence-corrected chi connectivity index (χ1v) is 7.53. The van der Waals surface area contributed by atoms with Gasteiger partial charge in [-0.25, -0.2) is 0 Å². The highest BCUT2D eigenvalue weighted by Crippen LogP contribution is 2.11. The SMILES string of the molecule is CCN(CC1CN(C(C)C)CCO1)CC(C)C(N)=NO. The lowest BCUT2D eigenvalue weighted by molar-refractivity contribution is -0.0521. The number of likely N-dealkylation sites (N-methyl/N-ethyl adjacent to an activating group) is 1. The Morgan fingerprint density at radius 2 is 2.20 bits per heavy atom. The zero-order valence-electron chi connectivity index (χ0n) is 13.2. The van der Waals surface area contributed by atoms with E-state index in [-0.39, 0.29) is 17.9 Å². The van der Waals surface area contributed by atoms with Crippen LogP contribution in [0.25, 0.3) is 0 Å². The molecule has 2 atom stereocenters. The fraction of sp³-hybridized carbons (Fsp3) is 0.929. The molecule has 0 bridgehead atoms. The standard InChI is InChI=1S/C14H30N4O2/c1-5-17(8-12(4)14(15)16-19)9-13-10-18(11(2)3)6-7-20-13/h11-13,19H,5-10H2,1-4H3,(H2,15,16). The van der Waals surface area contributed by atoms with Crippen LogP contribution < -0.4 is 5.73 Å². The van der Waals surface area contributed by atoms with Gasteiger partial charge in [0.1, 0.15) is 5.84 Å². The van der Waals surface area contributed by atoms with Gasteiger partial charge in [-0.15, -0.1) is 0 Å². The summed E-state index contributed by atoms with van der Waals surface area (Å²) in [6, 6.07) is 0.563. The molecule has 0 aromatic heterocycles. The van der Waals surface area contributed by atoms with Gasteiger partial charge in [-0.1, -0.05) is 19.0 Å². The van der Waals surface area contributed by atoms with Gasteiger partial charge < -0.3 is 20.6 Å². The van der Waals surface area contributed by atoms with E-state index in [0.29, 0.717) is 6.04 Å². The van der Waals surface area contributed by atoms with Gasteiger partial charge in [0, 0.05) is 38.1 Å². The van der Waals surface area contributed by atoms with Crippen LogP contribution in [-0.4, -0.2) is 72.3 Å². The van der Waals surface area contributed by atoms with E-state index in [2.05, 4.69) is 35.7 Å². The van der Waals surface area contributed by atoms with E-state index < -0.39 is 0 Å².